The molecule has 0 saturated carbocycles. The summed E-state index contributed by atoms with van der Waals surface area (Å²) in [6.45, 7) is 5.25. The number of rotatable bonds is 7. The first kappa shape index (κ1) is 20.9. The van der Waals surface area contributed by atoms with Crippen LogP contribution >= 0.6 is 35.6 Å². The SMILES string of the molecule is COc1cc(CNC(C)C)cc(Cl)c1OCc1ccccc1Cl.Cl. The standard InChI is InChI=1S/C18H21Cl2NO2.ClH/c1-12(2)21-10-13-8-16(20)18(17(9-13)22-3)23-11-14-6-4-5-7-15(14)19;/h4-9,12,21H,10-11H2,1-3H3;1H. The first-order valence-corrected chi connectivity index (χ1v) is 8.23. The predicted octanol–water partition coefficient (Wildman–Crippen LogP) is 5.50. The Labute approximate surface area is 159 Å². The lowest BCUT2D eigenvalue weighted by Crippen LogP contribution is -2.21. The molecule has 0 saturated heterocycles. The normalized spacial score (nSPS) is 10.4. The summed E-state index contributed by atoms with van der Waals surface area (Å²) in [4.78, 5) is 0. The van der Waals surface area contributed by atoms with Gasteiger partial charge in [-0.25, -0.2) is 0 Å². The van der Waals surface area contributed by atoms with Gasteiger partial charge in [0.2, 0.25) is 0 Å². The fraction of sp³-hybridized carbons (Fsp3) is 0.333. The Hall–Kier alpha value is -1.13. The second kappa shape index (κ2) is 10.00. The van der Waals surface area contributed by atoms with Crippen LogP contribution in [0, 0.1) is 0 Å². The summed E-state index contributed by atoms with van der Waals surface area (Å²) >= 11 is 12.5. The van der Waals surface area contributed by atoms with Gasteiger partial charge in [-0.2, -0.15) is 0 Å². The van der Waals surface area contributed by atoms with Gasteiger partial charge in [0.25, 0.3) is 0 Å². The van der Waals surface area contributed by atoms with Gasteiger partial charge < -0.3 is 14.8 Å². The van der Waals surface area contributed by atoms with Crippen LogP contribution in [0.2, 0.25) is 10.0 Å². The number of methoxy groups -OCH3 is 1. The van der Waals surface area contributed by atoms with Crippen LogP contribution < -0.4 is 14.8 Å². The zero-order valence-electron chi connectivity index (χ0n) is 13.9. The van der Waals surface area contributed by atoms with E-state index in [-0.39, 0.29) is 12.4 Å². The topological polar surface area (TPSA) is 30.5 Å². The Morgan fingerprint density at radius 3 is 2.42 bits per heavy atom. The second-order valence-corrected chi connectivity index (χ2v) is 6.34. The molecule has 1 N–H and O–H groups in total. The monoisotopic (exact) mass is 389 g/mol. The molecule has 0 atom stereocenters. The number of halogens is 3. The summed E-state index contributed by atoms with van der Waals surface area (Å²) in [6, 6.07) is 11.8. The number of hydrogen-bond donors (Lipinski definition) is 1. The van der Waals surface area contributed by atoms with Crippen molar-refractivity contribution in [2.24, 2.45) is 0 Å². The molecule has 6 heteroatoms. The van der Waals surface area contributed by atoms with Crippen molar-refractivity contribution in [3.05, 3.63) is 57.6 Å². The van der Waals surface area contributed by atoms with Gasteiger partial charge in [0.1, 0.15) is 6.61 Å². The summed E-state index contributed by atoms with van der Waals surface area (Å²) in [5, 5.41) is 4.54. The summed E-state index contributed by atoms with van der Waals surface area (Å²) in [5.74, 6) is 1.15. The molecule has 3 nitrogen and oxygen atoms in total. The van der Waals surface area contributed by atoms with Crippen LogP contribution in [0.4, 0.5) is 0 Å². The number of hydrogen-bond acceptors (Lipinski definition) is 3. The minimum Gasteiger partial charge on any atom is -0.493 e. The third-order valence-corrected chi connectivity index (χ3v) is 3.98. The van der Waals surface area contributed by atoms with Crippen LogP contribution in [0.5, 0.6) is 11.5 Å². The summed E-state index contributed by atoms with van der Waals surface area (Å²) < 4.78 is 11.3. The lowest BCUT2D eigenvalue weighted by atomic mass is 10.2. The van der Waals surface area contributed by atoms with Gasteiger partial charge in [-0.15, -0.1) is 12.4 Å². The van der Waals surface area contributed by atoms with Crippen molar-refractivity contribution >= 4 is 35.6 Å². The van der Waals surface area contributed by atoms with Crippen LogP contribution in [0.3, 0.4) is 0 Å². The predicted molar refractivity (Wildman–Crippen MR) is 103 cm³/mol. The van der Waals surface area contributed by atoms with Crippen molar-refractivity contribution in [2.45, 2.75) is 33.0 Å². The van der Waals surface area contributed by atoms with Gasteiger partial charge in [0.15, 0.2) is 11.5 Å². The van der Waals surface area contributed by atoms with Crippen LogP contribution in [0.15, 0.2) is 36.4 Å². The van der Waals surface area contributed by atoms with Gasteiger partial charge in [-0.05, 0) is 23.8 Å². The fourth-order valence-electron chi connectivity index (χ4n) is 2.10. The largest absolute Gasteiger partial charge is 0.493 e. The van der Waals surface area contributed by atoms with E-state index in [4.69, 9.17) is 32.7 Å². The lowest BCUT2D eigenvalue weighted by Gasteiger charge is -2.15. The van der Waals surface area contributed by atoms with E-state index >= 15 is 0 Å². The molecule has 0 bridgehead atoms. The molecular weight excluding hydrogens is 369 g/mol. The quantitative estimate of drug-likeness (QED) is 0.677. The zero-order valence-corrected chi connectivity index (χ0v) is 16.3. The Morgan fingerprint density at radius 1 is 1.08 bits per heavy atom. The van der Waals surface area contributed by atoms with E-state index < -0.39 is 0 Å². The fourth-order valence-corrected chi connectivity index (χ4v) is 2.58. The van der Waals surface area contributed by atoms with E-state index in [9.17, 15) is 0 Å². The highest BCUT2D eigenvalue weighted by Gasteiger charge is 2.13. The number of benzene rings is 2. The molecule has 24 heavy (non-hydrogen) atoms. The highest BCUT2D eigenvalue weighted by atomic mass is 35.5. The smallest absolute Gasteiger partial charge is 0.180 e. The van der Waals surface area contributed by atoms with Crippen molar-refractivity contribution in [3.8, 4) is 11.5 Å². The van der Waals surface area contributed by atoms with Crippen LogP contribution in [-0.2, 0) is 13.2 Å². The molecule has 0 aliphatic rings. The van der Waals surface area contributed by atoms with Crippen molar-refractivity contribution in [1.29, 1.82) is 0 Å². The molecule has 0 spiro atoms. The Balaban J connectivity index is 0.00000288. The molecule has 0 aliphatic carbocycles. The maximum absolute atomic E-state index is 6.37. The van der Waals surface area contributed by atoms with E-state index in [1.807, 2.05) is 36.4 Å². The average Bonchev–Trinajstić information content (AvgIpc) is 2.52. The second-order valence-electron chi connectivity index (χ2n) is 5.52. The molecule has 0 radical (unpaired) electrons. The molecule has 2 aromatic rings. The highest BCUT2D eigenvalue weighted by molar-refractivity contribution is 6.32. The van der Waals surface area contributed by atoms with E-state index in [1.54, 1.807) is 7.11 Å². The molecule has 132 valence electrons. The van der Waals surface area contributed by atoms with Crippen molar-refractivity contribution in [2.75, 3.05) is 7.11 Å². The minimum atomic E-state index is 0. The van der Waals surface area contributed by atoms with Gasteiger partial charge in [0.05, 0.1) is 12.1 Å². The molecule has 0 amide bonds. The maximum Gasteiger partial charge on any atom is 0.180 e. The van der Waals surface area contributed by atoms with Gasteiger partial charge in [-0.1, -0.05) is 55.2 Å². The van der Waals surface area contributed by atoms with E-state index in [1.165, 1.54) is 0 Å². The Kier molecular flexibility index (Phi) is 8.71. The molecular formula is C18H22Cl3NO2. The lowest BCUT2D eigenvalue weighted by molar-refractivity contribution is 0.284. The first-order valence-electron chi connectivity index (χ1n) is 7.47. The van der Waals surface area contributed by atoms with Crippen molar-refractivity contribution < 1.29 is 9.47 Å². The van der Waals surface area contributed by atoms with Crippen LogP contribution in [0.1, 0.15) is 25.0 Å². The molecule has 0 aliphatic heterocycles. The maximum atomic E-state index is 6.37. The minimum absolute atomic E-state index is 0. The molecule has 2 rings (SSSR count). The van der Waals surface area contributed by atoms with Crippen molar-refractivity contribution in [1.82, 2.24) is 5.32 Å². The molecule has 0 fully saturated rings. The summed E-state index contributed by atoms with van der Waals surface area (Å²) in [5.41, 5.74) is 1.95. The zero-order chi connectivity index (χ0) is 16.8. The number of nitrogens with one attached hydrogen (secondary N) is 1. The van der Waals surface area contributed by atoms with Crippen LogP contribution in [0.25, 0.3) is 0 Å². The summed E-state index contributed by atoms with van der Waals surface area (Å²) in [6.07, 6.45) is 0. The molecule has 0 heterocycles. The molecule has 0 unspecified atom stereocenters. The molecule has 2 aromatic carbocycles. The van der Waals surface area contributed by atoms with Crippen LogP contribution in [-0.4, -0.2) is 13.2 Å². The van der Waals surface area contributed by atoms with E-state index in [0.717, 1.165) is 17.7 Å². The van der Waals surface area contributed by atoms with Crippen molar-refractivity contribution in [3.63, 3.8) is 0 Å². The highest BCUT2D eigenvalue weighted by Crippen LogP contribution is 2.37. The molecule has 0 aromatic heterocycles. The third-order valence-electron chi connectivity index (χ3n) is 3.33. The van der Waals surface area contributed by atoms with Gasteiger partial charge in [0, 0.05) is 23.2 Å². The van der Waals surface area contributed by atoms with Gasteiger partial charge >= 0.3 is 0 Å². The Morgan fingerprint density at radius 2 is 1.79 bits per heavy atom. The Bertz CT molecular complexity index is 663. The van der Waals surface area contributed by atoms with E-state index in [0.29, 0.717) is 34.2 Å². The third kappa shape index (κ3) is 5.75. The first-order chi connectivity index (χ1) is 11.0. The number of ether oxygens (including phenoxy) is 2. The van der Waals surface area contributed by atoms with E-state index in [2.05, 4.69) is 19.2 Å². The average molecular weight is 391 g/mol. The van der Waals surface area contributed by atoms with Gasteiger partial charge in [-0.3, -0.25) is 0 Å². The summed E-state index contributed by atoms with van der Waals surface area (Å²) in [7, 11) is 1.60.